The molecule has 0 aliphatic carbocycles. The Bertz CT molecular complexity index is 752. The van der Waals surface area contributed by atoms with Crippen molar-refractivity contribution < 1.29 is 23.1 Å². The third-order valence-corrected chi connectivity index (χ3v) is 3.29. The van der Waals surface area contributed by atoms with E-state index in [1.807, 2.05) is 22.6 Å². The molecule has 2 rings (SSSR count). The lowest BCUT2D eigenvalue weighted by Gasteiger charge is -2.14. The molecule has 0 aliphatic heterocycles. The quantitative estimate of drug-likeness (QED) is 0.794. The van der Waals surface area contributed by atoms with Crippen LogP contribution in [0.1, 0.15) is 10.4 Å². The average Bonchev–Trinajstić information content (AvgIpc) is 2.30. The molecule has 0 fully saturated rings. The summed E-state index contributed by atoms with van der Waals surface area (Å²) < 4.78 is 39.0. The summed E-state index contributed by atoms with van der Waals surface area (Å²) in [7, 11) is 0. The third kappa shape index (κ3) is 2.94. The van der Waals surface area contributed by atoms with E-state index in [0.29, 0.717) is 3.57 Å². The van der Waals surface area contributed by atoms with Gasteiger partial charge in [0.15, 0.2) is 0 Å². The van der Waals surface area contributed by atoms with E-state index in [4.69, 9.17) is 5.11 Å². The van der Waals surface area contributed by atoms with E-state index >= 15 is 0 Å². The van der Waals surface area contributed by atoms with Gasteiger partial charge >= 0.3 is 12.1 Å². The van der Waals surface area contributed by atoms with Gasteiger partial charge in [-0.25, -0.2) is 4.79 Å². The number of halogens is 4. The minimum atomic E-state index is -4.51. The zero-order valence-electron chi connectivity index (χ0n) is 9.74. The first kappa shape index (κ1) is 14.8. The van der Waals surface area contributed by atoms with Gasteiger partial charge in [0, 0.05) is 15.2 Å². The molecule has 0 aliphatic rings. The van der Waals surface area contributed by atoms with Gasteiger partial charge in [0.05, 0.1) is 5.52 Å². The van der Waals surface area contributed by atoms with Gasteiger partial charge in [-0.05, 0) is 40.8 Å². The molecule has 0 saturated heterocycles. The Morgan fingerprint density at radius 3 is 2.55 bits per heavy atom. The normalized spacial score (nSPS) is 11.8. The minimum absolute atomic E-state index is 0.0467. The standard InChI is InChI=1S/C12H7F3INO3/c13-12(14,15)5-17-4-8(11(19)20)10(18)7-2-1-6(16)3-9(7)17/h1-4H,5H2,(H,19,20). The highest BCUT2D eigenvalue weighted by molar-refractivity contribution is 14.1. The van der Waals surface area contributed by atoms with Gasteiger partial charge in [-0.1, -0.05) is 0 Å². The molecule has 1 heterocycles. The fraction of sp³-hybridized carbons (Fsp3) is 0.167. The molecule has 8 heteroatoms. The minimum Gasteiger partial charge on any atom is -0.477 e. The largest absolute Gasteiger partial charge is 0.477 e. The van der Waals surface area contributed by atoms with Crippen LogP contribution in [-0.4, -0.2) is 21.8 Å². The Labute approximate surface area is 124 Å². The number of pyridine rings is 1. The summed E-state index contributed by atoms with van der Waals surface area (Å²) in [5.74, 6) is -1.55. The van der Waals surface area contributed by atoms with Crippen molar-refractivity contribution >= 4 is 39.5 Å². The zero-order chi connectivity index (χ0) is 15.1. The van der Waals surface area contributed by atoms with E-state index < -0.39 is 29.7 Å². The summed E-state index contributed by atoms with van der Waals surface area (Å²) in [5, 5.41) is 8.86. The Kier molecular flexibility index (Phi) is 3.76. The van der Waals surface area contributed by atoms with Crippen LogP contribution >= 0.6 is 22.6 Å². The van der Waals surface area contributed by atoms with E-state index in [9.17, 15) is 22.8 Å². The van der Waals surface area contributed by atoms with Crippen LogP contribution in [0.2, 0.25) is 0 Å². The Hall–Kier alpha value is -1.58. The number of fused-ring (bicyclic) bond motifs is 1. The summed E-state index contributed by atoms with van der Waals surface area (Å²) in [6, 6.07) is 4.28. The summed E-state index contributed by atoms with van der Waals surface area (Å²) in [5.41, 5.74) is -1.41. The number of nitrogens with zero attached hydrogens (tertiary/aromatic N) is 1. The van der Waals surface area contributed by atoms with Crippen molar-refractivity contribution in [3.8, 4) is 0 Å². The number of carbonyl (C=O) groups is 1. The highest BCUT2D eigenvalue weighted by Crippen LogP contribution is 2.22. The predicted molar refractivity (Wildman–Crippen MR) is 73.9 cm³/mol. The fourth-order valence-electron chi connectivity index (χ4n) is 1.84. The van der Waals surface area contributed by atoms with Crippen LogP contribution in [0.4, 0.5) is 13.2 Å². The van der Waals surface area contributed by atoms with Gasteiger partial charge in [0.1, 0.15) is 12.1 Å². The zero-order valence-corrected chi connectivity index (χ0v) is 11.9. The lowest BCUT2D eigenvalue weighted by atomic mass is 10.1. The van der Waals surface area contributed by atoms with Gasteiger partial charge in [-0.2, -0.15) is 13.2 Å². The molecule has 0 amide bonds. The van der Waals surface area contributed by atoms with Crippen LogP contribution < -0.4 is 5.43 Å². The lowest BCUT2D eigenvalue weighted by molar-refractivity contribution is -0.140. The Balaban J connectivity index is 2.83. The summed E-state index contributed by atoms with van der Waals surface area (Å²) in [4.78, 5) is 22.9. The molecule has 20 heavy (non-hydrogen) atoms. The highest BCUT2D eigenvalue weighted by Gasteiger charge is 2.29. The lowest BCUT2D eigenvalue weighted by Crippen LogP contribution is -2.23. The number of hydrogen-bond acceptors (Lipinski definition) is 2. The van der Waals surface area contributed by atoms with Gasteiger partial charge < -0.3 is 9.67 Å². The molecular weight excluding hydrogens is 390 g/mol. The number of rotatable bonds is 2. The monoisotopic (exact) mass is 397 g/mol. The van der Waals surface area contributed by atoms with Crippen LogP contribution in [0, 0.1) is 3.57 Å². The van der Waals surface area contributed by atoms with Gasteiger partial charge in [-0.15, -0.1) is 0 Å². The fourth-order valence-corrected chi connectivity index (χ4v) is 2.31. The molecular formula is C12H7F3INO3. The van der Waals surface area contributed by atoms with E-state index in [-0.39, 0.29) is 10.9 Å². The molecule has 0 radical (unpaired) electrons. The molecule has 0 bridgehead atoms. The van der Waals surface area contributed by atoms with Gasteiger partial charge in [-0.3, -0.25) is 4.79 Å². The number of carboxylic acids is 1. The van der Waals surface area contributed by atoms with Crippen molar-refractivity contribution in [3.63, 3.8) is 0 Å². The maximum Gasteiger partial charge on any atom is 0.406 e. The smallest absolute Gasteiger partial charge is 0.406 e. The van der Waals surface area contributed by atoms with Crippen LogP contribution in [-0.2, 0) is 6.54 Å². The SMILES string of the molecule is O=C(O)c1cn(CC(F)(F)F)c2cc(I)ccc2c1=O. The second-order valence-electron chi connectivity index (χ2n) is 4.08. The first-order valence-electron chi connectivity index (χ1n) is 5.32. The number of carboxylic acid groups (broad SMARTS) is 1. The second-order valence-corrected chi connectivity index (χ2v) is 5.33. The highest BCUT2D eigenvalue weighted by atomic mass is 127. The molecule has 106 valence electrons. The van der Waals surface area contributed by atoms with Crippen molar-refractivity contribution in [1.82, 2.24) is 4.57 Å². The van der Waals surface area contributed by atoms with Crippen LogP contribution in [0.25, 0.3) is 10.9 Å². The average molecular weight is 397 g/mol. The maximum absolute atomic E-state index is 12.6. The molecule has 4 nitrogen and oxygen atoms in total. The molecule has 1 N–H and O–H groups in total. The van der Waals surface area contributed by atoms with Crippen LogP contribution in [0.15, 0.2) is 29.2 Å². The molecule has 2 aromatic rings. The molecule has 0 saturated carbocycles. The summed E-state index contributed by atoms with van der Waals surface area (Å²) in [6.07, 6.45) is -3.78. The topological polar surface area (TPSA) is 59.3 Å². The predicted octanol–water partition coefficient (Wildman–Crippen LogP) is 2.87. The summed E-state index contributed by atoms with van der Waals surface area (Å²) >= 11 is 1.90. The molecule has 0 atom stereocenters. The van der Waals surface area contributed by atoms with Crippen LogP contribution in [0.5, 0.6) is 0 Å². The third-order valence-electron chi connectivity index (χ3n) is 2.62. The van der Waals surface area contributed by atoms with E-state index in [1.54, 1.807) is 0 Å². The van der Waals surface area contributed by atoms with E-state index in [1.165, 1.54) is 18.2 Å². The Morgan fingerprint density at radius 1 is 1.35 bits per heavy atom. The molecule has 1 aromatic heterocycles. The van der Waals surface area contributed by atoms with E-state index in [0.717, 1.165) is 10.8 Å². The maximum atomic E-state index is 12.6. The van der Waals surface area contributed by atoms with Gasteiger partial charge in [0.2, 0.25) is 5.43 Å². The van der Waals surface area contributed by atoms with Crippen molar-refractivity contribution in [2.45, 2.75) is 12.7 Å². The molecule has 0 spiro atoms. The summed E-state index contributed by atoms with van der Waals surface area (Å²) in [6.45, 7) is -1.36. The van der Waals surface area contributed by atoms with Crippen molar-refractivity contribution in [1.29, 1.82) is 0 Å². The van der Waals surface area contributed by atoms with Gasteiger partial charge in [0.25, 0.3) is 0 Å². The van der Waals surface area contributed by atoms with Crippen molar-refractivity contribution in [2.24, 2.45) is 0 Å². The first-order chi connectivity index (χ1) is 9.19. The molecule has 0 unspecified atom stereocenters. The first-order valence-corrected chi connectivity index (χ1v) is 6.39. The van der Waals surface area contributed by atoms with E-state index in [2.05, 4.69) is 0 Å². The van der Waals surface area contributed by atoms with Crippen molar-refractivity contribution in [2.75, 3.05) is 0 Å². The van der Waals surface area contributed by atoms with Crippen molar-refractivity contribution in [3.05, 3.63) is 43.8 Å². The second kappa shape index (κ2) is 5.08. The number of benzene rings is 1. The number of alkyl halides is 3. The van der Waals surface area contributed by atoms with Crippen LogP contribution in [0.3, 0.4) is 0 Å². The number of aromatic carboxylic acids is 1. The Morgan fingerprint density at radius 2 is 2.00 bits per heavy atom. The number of aromatic nitrogens is 1. The number of hydrogen-bond donors (Lipinski definition) is 1. The molecule has 1 aromatic carbocycles.